The number of amides is 1. The zero-order valence-electron chi connectivity index (χ0n) is 14.2. The summed E-state index contributed by atoms with van der Waals surface area (Å²) in [5, 5.41) is 31.4. The van der Waals surface area contributed by atoms with Crippen molar-refractivity contribution in [3.8, 4) is 5.75 Å². The summed E-state index contributed by atoms with van der Waals surface area (Å²) in [6.07, 6.45) is 0.184. The van der Waals surface area contributed by atoms with E-state index in [0.717, 1.165) is 11.1 Å². The Bertz CT molecular complexity index is 532. The van der Waals surface area contributed by atoms with Gasteiger partial charge in [0.1, 0.15) is 11.4 Å². The van der Waals surface area contributed by atoms with E-state index in [1.165, 1.54) is 0 Å². The van der Waals surface area contributed by atoms with Gasteiger partial charge >= 0.3 is 6.09 Å². The predicted molar refractivity (Wildman–Crippen MR) is 87.4 cm³/mol. The maximum Gasteiger partial charge on any atom is 0.408 e. The molecule has 4 N–H and O–H groups in total. The Morgan fingerprint density at radius 3 is 2.30 bits per heavy atom. The lowest BCUT2D eigenvalue weighted by Gasteiger charge is -2.32. The van der Waals surface area contributed by atoms with Gasteiger partial charge in [0.2, 0.25) is 0 Å². The van der Waals surface area contributed by atoms with Crippen LogP contribution in [0.5, 0.6) is 5.75 Å². The summed E-state index contributed by atoms with van der Waals surface area (Å²) in [5.41, 5.74) is -0.123. The van der Waals surface area contributed by atoms with Crippen molar-refractivity contribution in [2.75, 3.05) is 13.2 Å². The number of hydrogen-bond acceptors (Lipinski definition) is 5. The highest BCUT2D eigenvalue weighted by atomic mass is 16.6. The van der Waals surface area contributed by atoms with E-state index in [4.69, 9.17) is 4.74 Å². The van der Waals surface area contributed by atoms with Gasteiger partial charge in [-0.05, 0) is 57.7 Å². The highest BCUT2D eigenvalue weighted by Gasteiger charge is 2.32. The molecule has 0 fully saturated rings. The molecule has 0 aliphatic heterocycles. The summed E-state index contributed by atoms with van der Waals surface area (Å²) in [4.78, 5) is 11.9. The van der Waals surface area contributed by atoms with E-state index in [-0.39, 0.29) is 5.75 Å². The normalized spacial score (nSPS) is 12.1. The van der Waals surface area contributed by atoms with E-state index < -0.39 is 30.4 Å². The fourth-order valence-electron chi connectivity index (χ4n) is 2.13. The highest BCUT2D eigenvalue weighted by Crippen LogP contribution is 2.21. The number of carbonyl (C=O) groups excluding carboxylic acids is 1. The zero-order chi connectivity index (χ0) is 17.7. The number of aromatic hydroxyl groups is 1. The molecule has 23 heavy (non-hydrogen) atoms. The first-order chi connectivity index (χ1) is 10.6. The van der Waals surface area contributed by atoms with Crippen LogP contribution in [0.2, 0.25) is 0 Å². The van der Waals surface area contributed by atoms with Gasteiger partial charge in [-0.25, -0.2) is 4.79 Å². The lowest BCUT2D eigenvalue weighted by molar-refractivity contribution is 0.0276. The van der Waals surface area contributed by atoms with Crippen molar-refractivity contribution in [2.24, 2.45) is 0 Å². The Morgan fingerprint density at radius 1 is 1.22 bits per heavy atom. The Morgan fingerprint density at radius 2 is 1.83 bits per heavy atom. The maximum atomic E-state index is 11.9. The number of aryl methyl sites for hydroxylation is 2. The molecule has 0 bridgehead atoms. The lowest BCUT2D eigenvalue weighted by atomic mass is 9.92. The van der Waals surface area contributed by atoms with E-state index in [1.54, 1.807) is 39.8 Å². The van der Waals surface area contributed by atoms with Crippen LogP contribution in [-0.4, -0.2) is 45.8 Å². The highest BCUT2D eigenvalue weighted by molar-refractivity contribution is 5.68. The first kappa shape index (κ1) is 19.3. The van der Waals surface area contributed by atoms with Crippen LogP contribution in [0, 0.1) is 6.92 Å². The van der Waals surface area contributed by atoms with Crippen molar-refractivity contribution in [1.82, 2.24) is 5.32 Å². The van der Waals surface area contributed by atoms with Crippen LogP contribution < -0.4 is 5.32 Å². The summed E-state index contributed by atoms with van der Waals surface area (Å²) in [6, 6.07) is 5.21. The van der Waals surface area contributed by atoms with E-state index in [2.05, 4.69) is 5.32 Å². The molecule has 0 unspecified atom stereocenters. The Labute approximate surface area is 137 Å². The summed E-state index contributed by atoms with van der Waals surface area (Å²) in [7, 11) is 0. The summed E-state index contributed by atoms with van der Waals surface area (Å²) >= 11 is 0. The minimum Gasteiger partial charge on any atom is -0.508 e. The molecule has 0 atom stereocenters. The average Bonchev–Trinajstić information content (AvgIpc) is 2.45. The molecule has 0 spiro atoms. The molecule has 0 aromatic heterocycles. The second-order valence-electron chi connectivity index (χ2n) is 6.84. The third kappa shape index (κ3) is 6.08. The fourth-order valence-corrected chi connectivity index (χ4v) is 2.13. The van der Waals surface area contributed by atoms with Gasteiger partial charge in [0.05, 0.1) is 18.8 Å². The van der Waals surface area contributed by atoms with Crippen molar-refractivity contribution < 1.29 is 24.9 Å². The van der Waals surface area contributed by atoms with Gasteiger partial charge in [0.25, 0.3) is 0 Å². The summed E-state index contributed by atoms with van der Waals surface area (Å²) < 4.78 is 5.18. The third-order valence-corrected chi connectivity index (χ3v) is 3.52. The molecule has 0 aliphatic carbocycles. The minimum atomic E-state index is -1.16. The van der Waals surface area contributed by atoms with Gasteiger partial charge in [0, 0.05) is 0 Å². The molecular formula is C17H27NO5. The van der Waals surface area contributed by atoms with Crippen molar-refractivity contribution >= 4 is 6.09 Å². The topological polar surface area (TPSA) is 99.0 Å². The monoisotopic (exact) mass is 325 g/mol. The molecule has 6 nitrogen and oxygen atoms in total. The second-order valence-corrected chi connectivity index (χ2v) is 6.84. The number of benzene rings is 1. The zero-order valence-corrected chi connectivity index (χ0v) is 14.2. The maximum absolute atomic E-state index is 11.9. The minimum absolute atomic E-state index is 0.219. The van der Waals surface area contributed by atoms with Gasteiger partial charge < -0.3 is 25.4 Å². The second kappa shape index (κ2) is 7.66. The molecule has 1 amide bonds. The van der Waals surface area contributed by atoms with Gasteiger partial charge in [-0.2, -0.15) is 0 Å². The number of hydrogen-bond donors (Lipinski definition) is 4. The molecule has 0 saturated heterocycles. The summed E-state index contributed by atoms with van der Waals surface area (Å²) in [5.74, 6) is 0.219. The van der Waals surface area contributed by atoms with Crippen LogP contribution in [0.15, 0.2) is 18.2 Å². The van der Waals surface area contributed by atoms with E-state index >= 15 is 0 Å². The number of aliphatic hydroxyl groups is 2. The number of carbonyl (C=O) groups is 1. The van der Waals surface area contributed by atoms with Crippen LogP contribution in [0.4, 0.5) is 4.79 Å². The number of phenols is 1. The predicted octanol–water partition coefficient (Wildman–Crippen LogP) is 1.88. The van der Waals surface area contributed by atoms with Crippen molar-refractivity contribution in [3.05, 3.63) is 29.3 Å². The van der Waals surface area contributed by atoms with Crippen LogP contribution >= 0.6 is 0 Å². The SMILES string of the molecule is Cc1cc(CCC(CO)(CO)NC(=O)OC(C)(C)C)ccc1O. The van der Waals surface area contributed by atoms with Crippen molar-refractivity contribution in [1.29, 1.82) is 0 Å². The van der Waals surface area contributed by atoms with Crippen LogP contribution in [-0.2, 0) is 11.2 Å². The van der Waals surface area contributed by atoms with Crippen molar-refractivity contribution in [2.45, 2.75) is 51.7 Å². The largest absolute Gasteiger partial charge is 0.508 e. The van der Waals surface area contributed by atoms with Gasteiger partial charge in [-0.15, -0.1) is 0 Å². The van der Waals surface area contributed by atoms with Gasteiger partial charge in [-0.1, -0.05) is 12.1 Å². The van der Waals surface area contributed by atoms with Crippen LogP contribution in [0.25, 0.3) is 0 Å². The lowest BCUT2D eigenvalue weighted by Crippen LogP contribution is -2.55. The van der Waals surface area contributed by atoms with Crippen molar-refractivity contribution in [3.63, 3.8) is 0 Å². The van der Waals surface area contributed by atoms with E-state index in [9.17, 15) is 20.1 Å². The fraction of sp³-hybridized carbons (Fsp3) is 0.588. The number of aliphatic hydroxyl groups excluding tert-OH is 2. The molecule has 130 valence electrons. The smallest absolute Gasteiger partial charge is 0.408 e. The molecule has 0 saturated carbocycles. The Hall–Kier alpha value is -1.79. The number of alkyl carbamates (subject to hydrolysis) is 1. The van der Waals surface area contributed by atoms with E-state index in [0.29, 0.717) is 12.8 Å². The van der Waals surface area contributed by atoms with Gasteiger partial charge in [-0.3, -0.25) is 0 Å². The molecule has 1 rings (SSSR count). The molecule has 6 heteroatoms. The molecule has 0 radical (unpaired) electrons. The quantitative estimate of drug-likeness (QED) is 0.640. The Balaban J connectivity index is 2.76. The average molecular weight is 325 g/mol. The number of phenolic OH excluding ortho intramolecular Hbond substituents is 1. The Kier molecular flexibility index (Phi) is 6.41. The summed E-state index contributed by atoms with van der Waals surface area (Å²) in [6.45, 7) is 6.21. The molecule has 1 aromatic rings. The van der Waals surface area contributed by atoms with Gasteiger partial charge in [0.15, 0.2) is 0 Å². The molecule has 0 aliphatic rings. The first-order valence-electron chi connectivity index (χ1n) is 7.62. The van der Waals surface area contributed by atoms with Crippen LogP contribution in [0.3, 0.4) is 0 Å². The number of rotatable bonds is 6. The molecule has 1 aromatic carbocycles. The number of nitrogens with one attached hydrogen (secondary N) is 1. The third-order valence-electron chi connectivity index (χ3n) is 3.52. The molecular weight excluding hydrogens is 298 g/mol. The first-order valence-corrected chi connectivity index (χ1v) is 7.62. The number of ether oxygens (including phenoxy) is 1. The van der Waals surface area contributed by atoms with Crippen LogP contribution in [0.1, 0.15) is 38.3 Å². The van der Waals surface area contributed by atoms with E-state index in [1.807, 2.05) is 6.07 Å². The standard InChI is InChI=1S/C17H27NO5/c1-12-9-13(5-6-14(12)21)7-8-17(10-19,11-20)18-15(22)23-16(2,3)4/h5-6,9,19-21H,7-8,10-11H2,1-4H3,(H,18,22). The molecule has 0 heterocycles.